The van der Waals surface area contributed by atoms with Crippen LogP contribution in [0.1, 0.15) is 32.5 Å². The van der Waals surface area contributed by atoms with Gasteiger partial charge in [-0.3, -0.25) is 14.6 Å². The number of rotatable bonds is 5. The number of hydrogen-bond acceptors (Lipinski definition) is 6. The molecule has 0 spiro atoms. The Kier molecular flexibility index (Phi) is 6.25. The first kappa shape index (κ1) is 20.3. The van der Waals surface area contributed by atoms with Crippen molar-refractivity contribution < 1.29 is 26.7 Å². The molecule has 8 heteroatoms. The third-order valence-electron chi connectivity index (χ3n) is 5.23. The van der Waals surface area contributed by atoms with Gasteiger partial charge in [0, 0.05) is 27.1 Å². The Labute approximate surface area is 177 Å². The maximum absolute atomic E-state index is 12.5. The fourth-order valence-electron chi connectivity index (χ4n) is 3.46. The van der Waals surface area contributed by atoms with E-state index in [0.717, 1.165) is 19.3 Å². The molecule has 1 aromatic carbocycles. The highest BCUT2D eigenvalue weighted by Gasteiger charge is 2.42. The molecule has 3 atom stereocenters. The minimum absolute atomic E-state index is 0. The SMILES string of the molecule is NC(=O)C1CC1.O=C(N[C@H]1CO[C@@H]2CCO[C@H]12)c1cccc(Oc2cccnc2)c1.[HH].[HH]. The summed E-state index contributed by atoms with van der Waals surface area (Å²) in [7, 11) is 0. The van der Waals surface area contributed by atoms with Gasteiger partial charge < -0.3 is 25.3 Å². The average Bonchev–Trinajstić information content (AvgIpc) is 3.40. The second-order valence-electron chi connectivity index (χ2n) is 7.57. The van der Waals surface area contributed by atoms with Crippen molar-refractivity contribution in [3.63, 3.8) is 0 Å². The number of carbonyl (C=O) groups is 2. The molecule has 0 radical (unpaired) electrons. The van der Waals surface area contributed by atoms with E-state index in [-0.39, 0.29) is 38.8 Å². The van der Waals surface area contributed by atoms with Gasteiger partial charge in [-0.15, -0.1) is 0 Å². The molecule has 8 nitrogen and oxygen atoms in total. The molecule has 0 bridgehead atoms. The van der Waals surface area contributed by atoms with E-state index in [1.807, 2.05) is 6.07 Å². The summed E-state index contributed by atoms with van der Waals surface area (Å²) >= 11 is 0. The zero-order valence-corrected chi connectivity index (χ0v) is 16.5. The van der Waals surface area contributed by atoms with Crippen LogP contribution in [0.4, 0.5) is 0 Å². The minimum Gasteiger partial charge on any atom is -0.456 e. The minimum atomic E-state index is -0.156. The van der Waals surface area contributed by atoms with Gasteiger partial charge in [0.15, 0.2) is 0 Å². The number of carbonyl (C=O) groups excluding carboxylic acids is 2. The van der Waals surface area contributed by atoms with Gasteiger partial charge in [0.05, 0.1) is 24.9 Å². The van der Waals surface area contributed by atoms with Crippen molar-refractivity contribution in [3.05, 3.63) is 54.4 Å². The van der Waals surface area contributed by atoms with E-state index in [9.17, 15) is 9.59 Å². The molecule has 162 valence electrons. The Morgan fingerprint density at radius 3 is 2.67 bits per heavy atom. The number of nitrogens with two attached hydrogens (primary N) is 1. The molecule has 0 unspecified atom stereocenters. The maximum atomic E-state index is 12.5. The van der Waals surface area contributed by atoms with E-state index < -0.39 is 0 Å². The molecular formula is C22H29N3O5. The quantitative estimate of drug-likeness (QED) is 0.776. The molecule has 2 aromatic rings. The molecule has 30 heavy (non-hydrogen) atoms. The molecule has 1 aromatic heterocycles. The molecule has 1 saturated carbocycles. The first-order chi connectivity index (χ1) is 14.6. The third-order valence-corrected chi connectivity index (χ3v) is 5.23. The van der Waals surface area contributed by atoms with Crippen LogP contribution in [-0.2, 0) is 14.3 Å². The third kappa shape index (κ3) is 5.14. The summed E-state index contributed by atoms with van der Waals surface area (Å²) < 4.78 is 17.0. The highest BCUT2D eigenvalue weighted by molar-refractivity contribution is 5.94. The summed E-state index contributed by atoms with van der Waals surface area (Å²) in [6.45, 7) is 1.18. The Bertz CT molecular complexity index is 898. The largest absolute Gasteiger partial charge is 0.456 e. The number of nitrogens with zero attached hydrogens (tertiary/aromatic N) is 1. The summed E-state index contributed by atoms with van der Waals surface area (Å²) in [5, 5.41) is 3.00. The average molecular weight is 415 g/mol. The normalized spacial score (nSPS) is 24.3. The van der Waals surface area contributed by atoms with Gasteiger partial charge >= 0.3 is 0 Å². The van der Waals surface area contributed by atoms with Crippen LogP contribution in [0.25, 0.3) is 0 Å². The number of aromatic nitrogens is 1. The second-order valence-corrected chi connectivity index (χ2v) is 7.57. The van der Waals surface area contributed by atoms with Crippen LogP contribution in [0.15, 0.2) is 48.8 Å². The lowest BCUT2D eigenvalue weighted by molar-refractivity contribution is -0.119. The fraction of sp³-hybridized carbons (Fsp3) is 0.409. The van der Waals surface area contributed by atoms with Crippen LogP contribution in [0.2, 0.25) is 0 Å². The van der Waals surface area contributed by atoms with Crippen molar-refractivity contribution in [1.82, 2.24) is 10.3 Å². The van der Waals surface area contributed by atoms with E-state index >= 15 is 0 Å². The lowest BCUT2D eigenvalue weighted by atomic mass is 10.1. The molecule has 3 fully saturated rings. The van der Waals surface area contributed by atoms with Gasteiger partial charge in [-0.1, -0.05) is 6.07 Å². The lowest BCUT2D eigenvalue weighted by Gasteiger charge is -2.17. The maximum Gasteiger partial charge on any atom is 0.251 e. The summed E-state index contributed by atoms with van der Waals surface area (Å²) in [6.07, 6.45) is 6.31. The van der Waals surface area contributed by atoms with E-state index in [1.54, 1.807) is 42.7 Å². The van der Waals surface area contributed by atoms with Crippen molar-refractivity contribution >= 4 is 11.8 Å². The number of benzene rings is 1. The van der Waals surface area contributed by atoms with Crippen LogP contribution in [0, 0.1) is 5.92 Å². The van der Waals surface area contributed by atoms with Crippen molar-refractivity contribution in [2.75, 3.05) is 13.2 Å². The first-order valence-electron chi connectivity index (χ1n) is 10.1. The van der Waals surface area contributed by atoms with E-state index in [4.69, 9.17) is 19.9 Å². The standard InChI is InChI=1S/C18H18N2O4.C4H7NO.2H2/c21-18(20-15-11-23-16-6-8-22-17(15)16)12-3-1-4-13(9-12)24-14-5-2-7-19-10-14;5-4(6)3-1-2-3;;/h1-5,7,9-10,15-17H,6,8,11H2,(H,20,21);3H,1-2H2,(H2,5,6);2*1H/t15-,16+,17+;;;/m0.../s1. The number of fused-ring (bicyclic) bond motifs is 1. The smallest absolute Gasteiger partial charge is 0.251 e. The Morgan fingerprint density at radius 2 is 1.97 bits per heavy atom. The van der Waals surface area contributed by atoms with E-state index in [2.05, 4.69) is 10.3 Å². The molecule has 3 heterocycles. The molecule has 2 amide bonds. The lowest BCUT2D eigenvalue weighted by Crippen LogP contribution is -2.43. The Hall–Kier alpha value is -2.97. The van der Waals surface area contributed by atoms with Gasteiger partial charge in [-0.25, -0.2) is 0 Å². The van der Waals surface area contributed by atoms with E-state index in [1.165, 1.54) is 0 Å². The highest BCUT2D eigenvalue weighted by atomic mass is 16.6. The van der Waals surface area contributed by atoms with E-state index in [0.29, 0.717) is 30.3 Å². The Balaban J connectivity index is 0.000000397. The first-order valence-corrected chi connectivity index (χ1v) is 10.1. The monoisotopic (exact) mass is 415 g/mol. The fourth-order valence-corrected chi connectivity index (χ4v) is 3.46. The summed E-state index contributed by atoms with van der Waals surface area (Å²) in [5.41, 5.74) is 5.40. The predicted molar refractivity (Wildman–Crippen MR) is 112 cm³/mol. The van der Waals surface area contributed by atoms with Crippen molar-refractivity contribution in [2.24, 2.45) is 11.7 Å². The molecule has 2 aliphatic heterocycles. The number of primary amides is 1. The van der Waals surface area contributed by atoms with Gasteiger partial charge in [0.1, 0.15) is 17.6 Å². The summed E-state index contributed by atoms with van der Waals surface area (Å²) in [4.78, 5) is 26.5. The molecular weight excluding hydrogens is 386 g/mol. The zero-order valence-electron chi connectivity index (χ0n) is 16.5. The van der Waals surface area contributed by atoms with Crippen molar-refractivity contribution in [1.29, 1.82) is 0 Å². The summed E-state index contributed by atoms with van der Waals surface area (Å²) in [6, 6.07) is 10.6. The van der Waals surface area contributed by atoms with Gasteiger partial charge in [-0.05, 0) is 49.6 Å². The van der Waals surface area contributed by atoms with Crippen LogP contribution in [-0.4, -0.2) is 48.3 Å². The van der Waals surface area contributed by atoms with Crippen molar-refractivity contribution in [2.45, 2.75) is 37.5 Å². The van der Waals surface area contributed by atoms with Crippen LogP contribution in [0.3, 0.4) is 0 Å². The molecule has 3 aliphatic rings. The highest BCUT2D eigenvalue weighted by Crippen LogP contribution is 2.28. The molecule has 3 N–H and O–H groups in total. The number of pyridine rings is 1. The topological polar surface area (TPSA) is 113 Å². The molecule has 5 rings (SSSR count). The number of hydrogen-bond donors (Lipinski definition) is 2. The zero-order chi connectivity index (χ0) is 20.9. The second kappa shape index (κ2) is 9.23. The van der Waals surface area contributed by atoms with Gasteiger partial charge in [0.2, 0.25) is 5.91 Å². The van der Waals surface area contributed by atoms with Crippen LogP contribution >= 0.6 is 0 Å². The Morgan fingerprint density at radius 1 is 1.13 bits per heavy atom. The summed E-state index contributed by atoms with van der Waals surface area (Å²) in [5.74, 6) is 1.17. The van der Waals surface area contributed by atoms with Crippen LogP contribution in [0.5, 0.6) is 11.5 Å². The molecule has 1 aliphatic carbocycles. The molecule has 2 saturated heterocycles. The van der Waals surface area contributed by atoms with Crippen LogP contribution < -0.4 is 15.8 Å². The van der Waals surface area contributed by atoms with Gasteiger partial charge in [-0.2, -0.15) is 0 Å². The number of amides is 2. The number of ether oxygens (including phenoxy) is 3. The number of nitrogens with one attached hydrogen (secondary N) is 1. The van der Waals surface area contributed by atoms with Crippen molar-refractivity contribution in [3.8, 4) is 11.5 Å². The predicted octanol–water partition coefficient (Wildman–Crippen LogP) is 2.53. The van der Waals surface area contributed by atoms with Gasteiger partial charge in [0.25, 0.3) is 5.91 Å².